The molecule has 1 aromatic heterocycles. The molecule has 5 aliphatic rings. The van der Waals surface area contributed by atoms with Crippen molar-refractivity contribution in [3.05, 3.63) is 47.5 Å². The number of hydrogen-bond acceptors (Lipinski definition) is 7. The minimum atomic E-state index is -0.986. The molecule has 35 heavy (non-hydrogen) atoms. The lowest BCUT2D eigenvalue weighted by Gasteiger charge is -2.60. The number of allylic oxidation sites excluding steroid dienone is 2. The van der Waals surface area contributed by atoms with Gasteiger partial charge in [-0.2, -0.15) is 0 Å². The lowest BCUT2D eigenvalue weighted by Crippen LogP contribution is -2.66. The molecule has 0 amide bonds. The van der Waals surface area contributed by atoms with Gasteiger partial charge in [0, 0.05) is 22.7 Å². The number of furan rings is 1. The number of carbonyl (C=O) groups is 3. The van der Waals surface area contributed by atoms with E-state index in [0.29, 0.717) is 6.42 Å². The van der Waals surface area contributed by atoms with Crippen molar-refractivity contribution in [1.82, 2.24) is 0 Å². The quantitative estimate of drug-likeness (QED) is 0.473. The fraction of sp³-hybridized carbons (Fsp3) is 0.607. The van der Waals surface area contributed by atoms with Gasteiger partial charge < -0.3 is 18.6 Å². The van der Waals surface area contributed by atoms with Crippen molar-refractivity contribution in [2.45, 2.75) is 71.2 Å². The molecule has 0 radical (unpaired) electrons. The van der Waals surface area contributed by atoms with E-state index >= 15 is 0 Å². The van der Waals surface area contributed by atoms with Crippen LogP contribution in [0.4, 0.5) is 0 Å². The van der Waals surface area contributed by atoms with Gasteiger partial charge in [-0.15, -0.1) is 0 Å². The third-order valence-corrected chi connectivity index (χ3v) is 10.2. The summed E-state index contributed by atoms with van der Waals surface area (Å²) in [6.45, 7) is 8.01. The molecule has 2 saturated heterocycles. The van der Waals surface area contributed by atoms with Crippen molar-refractivity contribution in [1.29, 1.82) is 0 Å². The Morgan fingerprint density at radius 3 is 2.69 bits per heavy atom. The molecule has 2 unspecified atom stereocenters. The molecule has 9 atom stereocenters. The molecule has 3 heterocycles. The SMILES string of the molecule is CC[C@@]12C3=C(C)[C@H](c4ccoc4)C[C@H]3OC1[C@@H]1OC(=O)[C@]3(C)C=CC(=O)[C@@](C)(C13)[C@H]2CC(=O)OC. The minimum Gasteiger partial charge on any atom is -0.472 e. The van der Waals surface area contributed by atoms with Gasteiger partial charge in [0.1, 0.15) is 12.2 Å². The van der Waals surface area contributed by atoms with Crippen molar-refractivity contribution in [2.75, 3.05) is 7.11 Å². The number of ether oxygens (including phenoxy) is 3. The van der Waals surface area contributed by atoms with E-state index in [9.17, 15) is 14.4 Å². The van der Waals surface area contributed by atoms with Gasteiger partial charge in [0.2, 0.25) is 0 Å². The summed E-state index contributed by atoms with van der Waals surface area (Å²) >= 11 is 0. The molecule has 3 fully saturated rings. The van der Waals surface area contributed by atoms with Gasteiger partial charge in [-0.3, -0.25) is 14.4 Å². The lowest BCUT2D eigenvalue weighted by molar-refractivity contribution is -0.194. The molecule has 1 saturated carbocycles. The van der Waals surface area contributed by atoms with E-state index in [1.807, 2.05) is 19.9 Å². The molecular formula is C28H32O7. The summed E-state index contributed by atoms with van der Waals surface area (Å²) in [5.74, 6) is -1.42. The van der Waals surface area contributed by atoms with Crippen molar-refractivity contribution in [3.63, 3.8) is 0 Å². The van der Waals surface area contributed by atoms with E-state index < -0.39 is 40.3 Å². The highest BCUT2D eigenvalue weighted by atomic mass is 16.6. The predicted octanol–water partition coefficient (Wildman–Crippen LogP) is 4.13. The van der Waals surface area contributed by atoms with Crippen LogP contribution in [0.3, 0.4) is 0 Å². The first kappa shape index (κ1) is 22.8. The average Bonchev–Trinajstić information content (AvgIpc) is 3.59. The Bertz CT molecular complexity index is 1180. The maximum absolute atomic E-state index is 13.8. The van der Waals surface area contributed by atoms with Gasteiger partial charge in [-0.05, 0) is 55.9 Å². The van der Waals surface area contributed by atoms with Crippen molar-refractivity contribution < 1.29 is 33.0 Å². The molecule has 2 aliphatic heterocycles. The molecule has 7 nitrogen and oxygen atoms in total. The molecule has 0 aromatic carbocycles. The molecular weight excluding hydrogens is 448 g/mol. The molecule has 7 heteroatoms. The van der Waals surface area contributed by atoms with Crippen LogP contribution in [0.2, 0.25) is 0 Å². The van der Waals surface area contributed by atoms with E-state index in [4.69, 9.17) is 18.6 Å². The summed E-state index contributed by atoms with van der Waals surface area (Å²) in [5, 5.41) is 0. The van der Waals surface area contributed by atoms with Crippen LogP contribution < -0.4 is 0 Å². The Morgan fingerprint density at radius 2 is 2.03 bits per heavy atom. The Balaban J connectivity index is 1.60. The van der Waals surface area contributed by atoms with Crippen LogP contribution >= 0.6 is 0 Å². The number of methoxy groups -OCH3 is 1. The van der Waals surface area contributed by atoms with Crippen molar-refractivity contribution in [3.8, 4) is 0 Å². The number of fused-ring (bicyclic) bond motifs is 4. The summed E-state index contributed by atoms with van der Waals surface area (Å²) in [6.07, 6.45) is 7.03. The van der Waals surface area contributed by atoms with Gasteiger partial charge in [0.15, 0.2) is 5.78 Å². The summed E-state index contributed by atoms with van der Waals surface area (Å²) < 4.78 is 23.4. The molecule has 3 aliphatic carbocycles. The van der Waals surface area contributed by atoms with Crippen LogP contribution in [0.1, 0.15) is 58.4 Å². The van der Waals surface area contributed by atoms with E-state index in [1.54, 1.807) is 18.6 Å². The Labute approximate surface area is 204 Å². The maximum atomic E-state index is 13.8. The zero-order valence-electron chi connectivity index (χ0n) is 20.8. The molecule has 0 bridgehead atoms. The minimum absolute atomic E-state index is 0.0606. The van der Waals surface area contributed by atoms with Gasteiger partial charge >= 0.3 is 11.9 Å². The summed E-state index contributed by atoms with van der Waals surface area (Å²) in [7, 11) is 1.38. The largest absolute Gasteiger partial charge is 0.472 e. The van der Waals surface area contributed by atoms with Crippen LogP contribution in [0.25, 0.3) is 0 Å². The van der Waals surface area contributed by atoms with Gasteiger partial charge in [0.25, 0.3) is 0 Å². The summed E-state index contributed by atoms with van der Waals surface area (Å²) in [4.78, 5) is 39.9. The van der Waals surface area contributed by atoms with Crippen LogP contribution in [-0.2, 0) is 28.6 Å². The molecule has 0 N–H and O–H groups in total. The molecule has 6 rings (SSSR count). The second-order valence-corrected chi connectivity index (χ2v) is 11.3. The Morgan fingerprint density at radius 1 is 1.26 bits per heavy atom. The topological polar surface area (TPSA) is 92.0 Å². The van der Waals surface area contributed by atoms with E-state index in [-0.39, 0.29) is 36.2 Å². The van der Waals surface area contributed by atoms with Crippen molar-refractivity contribution >= 4 is 17.7 Å². The first-order chi connectivity index (χ1) is 16.6. The third kappa shape index (κ3) is 2.52. The van der Waals surface area contributed by atoms with Crippen LogP contribution in [0.5, 0.6) is 0 Å². The van der Waals surface area contributed by atoms with Gasteiger partial charge in [-0.25, -0.2) is 0 Å². The average molecular weight is 481 g/mol. The van der Waals surface area contributed by atoms with Crippen LogP contribution in [-0.4, -0.2) is 43.1 Å². The molecule has 0 spiro atoms. The first-order valence-electron chi connectivity index (χ1n) is 12.5. The number of esters is 2. The number of hydrogen-bond donors (Lipinski definition) is 0. The molecule has 186 valence electrons. The van der Waals surface area contributed by atoms with Crippen molar-refractivity contribution in [2.24, 2.45) is 28.1 Å². The highest BCUT2D eigenvalue weighted by molar-refractivity contribution is 6.00. The standard InChI is InChI=1S/C28H32O7/c1-6-28-18(12-20(30)32-5)27(4)19(29)7-9-26(3)23(27)22(35-25(26)31)24(28)34-17-11-16(14(2)21(17)28)15-8-10-33-13-15/h7-10,13,16-18,22-24H,6,11-12H2,1-5H3/t16-,17-,18-,22-,23?,24?,26-,27+,28-/m1/s1. The predicted molar refractivity (Wildman–Crippen MR) is 124 cm³/mol. The summed E-state index contributed by atoms with van der Waals surface area (Å²) in [6, 6.07) is 1.98. The highest BCUT2D eigenvalue weighted by Gasteiger charge is 2.78. The first-order valence-corrected chi connectivity index (χ1v) is 12.5. The second kappa shape index (κ2) is 7.19. The zero-order chi connectivity index (χ0) is 24.9. The summed E-state index contributed by atoms with van der Waals surface area (Å²) in [5.41, 5.74) is 0.896. The smallest absolute Gasteiger partial charge is 0.316 e. The Hall–Kier alpha value is -2.67. The monoisotopic (exact) mass is 480 g/mol. The third-order valence-electron chi connectivity index (χ3n) is 10.2. The highest BCUT2D eigenvalue weighted by Crippen LogP contribution is 2.73. The number of rotatable bonds is 4. The molecule has 1 aromatic rings. The van der Waals surface area contributed by atoms with Gasteiger partial charge in [0.05, 0.1) is 37.6 Å². The fourth-order valence-corrected chi connectivity index (χ4v) is 8.75. The maximum Gasteiger partial charge on any atom is 0.316 e. The van der Waals surface area contributed by atoms with Crippen LogP contribution in [0.15, 0.2) is 46.3 Å². The normalized spacial score (nSPS) is 45.3. The van der Waals surface area contributed by atoms with E-state index in [0.717, 1.165) is 17.6 Å². The van der Waals surface area contributed by atoms with E-state index in [1.165, 1.54) is 18.8 Å². The zero-order valence-corrected chi connectivity index (χ0v) is 20.8. The fourth-order valence-electron chi connectivity index (χ4n) is 8.75. The Kier molecular flexibility index (Phi) is 4.68. The number of carbonyl (C=O) groups excluding carboxylic acids is 3. The lowest BCUT2D eigenvalue weighted by atomic mass is 9.41. The number of ketones is 1. The van der Waals surface area contributed by atoms with E-state index in [2.05, 4.69) is 13.8 Å². The van der Waals surface area contributed by atoms with Crippen LogP contribution in [0, 0.1) is 28.1 Å². The van der Waals surface area contributed by atoms with Gasteiger partial charge in [-0.1, -0.05) is 25.5 Å². The second-order valence-electron chi connectivity index (χ2n) is 11.3.